The van der Waals surface area contributed by atoms with Gasteiger partial charge in [-0.1, -0.05) is 31.0 Å². The number of nitrogens with zero attached hydrogens (tertiary/aromatic N) is 3. The highest BCUT2D eigenvalue weighted by molar-refractivity contribution is 8.00. The van der Waals surface area contributed by atoms with Crippen molar-refractivity contribution in [2.45, 2.75) is 37.0 Å². The van der Waals surface area contributed by atoms with E-state index in [1.54, 1.807) is 4.68 Å². The number of amides is 1. The number of hydrogen-bond acceptors (Lipinski definition) is 4. The van der Waals surface area contributed by atoms with E-state index in [0.717, 1.165) is 24.4 Å². The van der Waals surface area contributed by atoms with Crippen molar-refractivity contribution in [1.29, 1.82) is 0 Å². The minimum absolute atomic E-state index is 0.0468. The zero-order chi connectivity index (χ0) is 16.5. The Morgan fingerprint density at radius 3 is 2.83 bits per heavy atom. The molecule has 2 aliphatic rings. The third-order valence-electron chi connectivity index (χ3n) is 4.91. The molecule has 2 atom stereocenters. The average Bonchev–Trinajstić information content (AvgIpc) is 3.03. The summed E-state index contributed by atoms with van der Waals surface area (Å²) < 4.78 is 1.57. The van der Waals surface area contributed by atoms with E-state index in [2.05, 4.69) is 5.10 Å². The molecule has 1 aliphatic heterocycles. The number of para-hydroxylation sites is 1. The zero-order valence-corrected chi connectivity index (χ0v) is 14.3. The fourth-order valence-corrected chi connectivity index (χ4v) is 5.16. The van der Waals surface area contributed by atoms with Crippen LogP contribution in [0, 0.1) is 0 Å². The maximum Gasteiger partial charge on any atom is 0.278 e. The van der Waals surface area contributed by atoms with Crippen LogP contribution in [0.2, 0.25) is 0 Å². The Bertz CT molecular complexity index is 729. The second-order valence-corrected chi connectivity index (χ2v) is 7.75. The van der Waals surface area contributed by atoms with Crippen LogP contribution in [0.4, 0.5) is 0 Å². The van der Waals surface area contributed by atoms with Gasteiger partial charge in [0.2, 0.25) is 0 Å². The van der Waals surface area contributed by atoms with Crippen LogP contribution in [0.3, 0.4) is 0 Å². The summed E-state index contributed by atoms with van der Waals surface area (Å²) in [5, 5.41) is 15.2. The molecule has 24 heavy (non-hydrogen) atoms. The van der Waals surface area contributed by atoms with Gasteiger partial charge in [0.1, 0.15) is 0 Å². The van der Waals surface area contributed by atoms with Gasteiger partial charge in [-0.25, -0.2) is 4.68 Å². The van der Waals surface area contributed by atoms with Gasteiger partial charge in [-0.05, 0) is 25.0 Å². The molecule has 126 valence electrons. The molecular formula is C18H21N3O2S. The van der Waals surface area contributed by atoms with Crippen LogP contribution in [-0.4, -0.2) is 49.3 Å². The minimum Gasteiger partial charge on any atom is -0.504 e. The predicted octanol–water partition coefficient (Wildman–Crippen LogP) is 3.08. The molecule has 1 saturated carbocycles. The Balaban J connectivity index is 1.61. The Morgan fingerprint density at radius 1 is 1.21 bits per heavy atom. The average molecular weight is 343 g/mol. The summed E-state index contributed by atoms with van der Waals surface area (Å²) in [6.45, 7) is 0.738. The minimum atomic E-state index is -0.139. The third kappa shape index (κ3) is 2.79. The summed E-state index contributed by atoms with van der Waals surface area (Å²) >= 11 is 1.99. The Hall–Kier alpha value is -1.95. The van der Waals surface area contributed by atoms with Crippen LogP contribution in [0.15, 0.2) is 36.5 Å². The molecule has 1 N–H and O–H groups in total. The molecule has 0 bridgehead atoms. The first-order chi connectivity index (χ1) is 11.7. The van der Waals surface area contributed by atoms with Crippen molar-refractivity contribution in [1.82, 2.24) is 14.7 Å². The third-order valence-corrected chi connectivity index (χ3v) is 6.31. The lowest BCUT2D eigenvalue weighted by atomic mass is 9.93. The van der Waals surface area contributed by atoms with Crippen molar-refractivity contribution in [2.75, 3.05) is 12.3 Å². The quantitative estimate of drug-likeness (QED) is 0.910. The molecule has 4 rings (SSSR count). The Labute approximate surface area is 145 Å². The first-order valence-electron chi connectivity index (χ1n) is 8.50. The van der Waals surface area contributed by atoms with E-state index in [1.165, 1.54) is 25.5 Å². The maximum atomic E-state index is 13.0. The smallest absolute Gasteiger partial charge is 0.278 e. The largest absolute Gasteiger partial charge is 0.504 e. The highest BCUT2D eigenvalue weighted by Crippen LogP contribution is 2.36. The molecular weight excluding hydrogens is 322 g/mol. The molecule has 0 spiro atoms. The molecule has 2 fully saturated rings. The molecule has 2 heterocycles. The fraction of sp³-hybridized carbons (Fsp3) is 0.444. The first-order valence-corrected chi connectivity index (χ1v) is 9.55. The molecule has 1 amide bonds. The highest BCUT2D eigenvalue weighted by atomic mass is 32.2. The zero-order valence-electron chi connectivity index (χ0n) is 13.5. The van der Waals surface area contributed by atoms with Crippen LogP contribution in [0.1, 0.15) is 36.2 Å². The topological polar surface area (TPSA) is 58.4 Å². The maximum absolute atomic E-state index is 13.0. The second-order valence-electron chi connectivity index (χ2n) is 6.40. The summed E-state index contributed by atoms with van der Waals surface area (Å²) in [6.07, 6.45) is 6.19. The molecule has 1 aromatic carbocycles. The first kappa shape index (κ1) is 15.6. The van der Waals surface area contributed by atoms with Gasteiger partial charge in [-0.2, -0.15) is 16.9 Å². The van der Waals surface area contributed by atoms with E-state index in [9.17, 15) is 9.90 Å². The van der Waals surface area contributed by atoms with Crippen molar-refractivity contribution in [3.05, 3.63) is 42.2 Å². The van der Waals surface area contributed by atoms with Crippen LogP contribution in [-0.2, 0) is 0 Å². The van der Waals surface area contributed by atoms with E-state index >= 15 is 0 Å². The summed E-state index contributed by atoms with van der Waals surface area (Å²) in [4.78, 5) is 14.9. The summed E-state index contributed by atoms with van der Waals surface area (Å²) in [5.41, 5.74) is 0.992. The van der Waals surface area contributed by atoms with E-state index in [0.29, 0.717) is 5.25 Å². The van der Waals surface area contributed by atoms with E-state index < -0.39 is 0 Å². The molecule has 1 aliphatic carbocycles. The standard InChI is InChI=1S/C18H21N3O2S/c22-15-12-21(13-6-2-1-3-7-13)19-17(15)18(23)20-10-11-24-16-9-5-4-8-14(16)20/h1-3,6-7,12,14,16,22H,4-5,8-11H2/t14-,16+/m0/s1. The highest BCUT2D eigenvalue weighted by Gasteiger charge is 2.38. The Morgan fingerprint density at radius 2 is 2.00 bits per heavy atom. The molecule has 0 unspecified atom stereocenters. The molecule has 1 aromatic heterocycles. The monoisotopic (exact) mass is 343 g/mol. The van der Waals surface area contributed by atoms with Crippen LogP contribution in [0.5, 0.6) is 5.75 Å². The normalized spacial score (nSPS) is 23.8. The van der Waals surface area contributed by atoms with Crippen molar-refractivity contribution in [3.63, 3.8) is 0 Å². The van der Waals surface area contributed by atoms with Gasteiger partial charge in [-0.3, -0.25) is 4.79 Å². The predicted molar refractivity (Wildman–Crippen MR) is 94.8 cm³/mol. The van der Waals surface area contributed by atoms with Crippen molar-refractivity contribution in [3.8, 4) is 11.4 Å². The van der Waals surface area contributed by atoms with Gasteiger partial charge in [0.25, 0.3) is 5.91 Å². The number of benzene rings is 1. The van der Waals surface area contributed by atoms with Crippen molar-refractivity contribution >= 4 is 17.7 Å². The number of carbonyl (C=O) groups excluding carboxylic acids is 1. The van der Waals surface area contributed by atoms with Crippen LogP contribution < -0.4 is 0 Å². The number of thioether (sulfide) groups is 1. The molecule has 1 saturated heterocycles. The van der Waals surface area contributed by atoms with Crippen molar-refractivity contribution < 1.29 is 9.90 Å². The van der Waals surface area contributed by atoms with E-state index in [1.807, 2.05) is 47.0 Å². The number of rotatable bonds is 2. The lowest BCUT2D eigenvalue weighted by Crippen LogP contribution is -2.51. The second kappa shape index (κ2) is 6.51. The molecule has 5 nitrogen and oxygen atoms in total. The van der Waals surface area contributed by atoms with Crippen LogP contribution >= 0.6 is 11.8 Å². The lowest BCUT2D eigenvalue weighted by Gasteiger charge is -2.43. The van der Waals surface area contributed by atoms with Gasteiger partial charge in [0.15, 0.2) is 11.4 Å². The number of aromatic nitrogens is 2. The molecule has 6 heteroatoms. The molecule has 0 radical (unpaired) electrons. The Kier molecular flexibility index (Phi) is 4.22. The van der Waals surface area contributed by atoms with Gasteiger partial charge in [0, 0.05) is 23.6 Å². The van der Waals surface area contributed by atoms with E-state index in [4.69, 9.17) is 0 Å². The van der Waals surface area contributed by atoms with Gasteiger partial charge in [0.05, 0.1) is 11.9 Å². The number of fused-ring (bicyclic) bond motifs is 1. The number of hydrogen-bond donors (Lipinski definition) is 1. The number of aromatic hydroxyl groups is 1. The van der Waals surface area contributed by atoms with E-state index in [-0.39, 0.29) is 23.4 Å². The van der Waals surface area contributed by atoms with Gasteiger partial charge >= 0.3 is 0 Å². The summed E-state index contributed by atoms with van der Waals surface area (Å²) in [7, 11) is 0. The molecule has 2 aromatic rings. The lowest BCUT2D eigenvalue weighted by molar-refractivity contribution is 0.0637. The SMILES string of the molecule is O=C(c1nn(-c2ccccc2)cc1O)N1CCS[C@@H]2CCCC[C@@H]21. The van der Waals surface area contributed by atoms with Crippen LogP contribution in [0.25, 0.3) is 5.69 Å². The number of carbonyl (C=O) groups is 1. The summed E-state index contributed by atoms with van der Waals surface area (Å²) in [5.74, 6) is 0.779. The summed E-state index contributed by atoms with van der Waals surface area (Å²) in [6, 6.07) is 9.82. The van der Waals surface area contributed by atoms with Gasteiger partial charge in [-0.15, -0.1) is 0 Å². The van der Waals surface area contributed by atoms with Crippen molar-refractivity contribution in [2.24, 2.45) is 0 Å². The fourth-order valence-electron chi connectivity index (χ4n) is 3.71. The van der Waals surface area contributed by atoms with Gasteiger partial charge < -0.3 is 10.0 Å².